The first-order valence-corrected chi connectivity index (χ1v) is 9.33. The van der Waals surface area contributed by atoms with Gasteiger partial charge in [0.05, 0.1) is 0 Å². The molecule has 2 aliphatic rings. The van der Waals surface area contributed by atoms with Gasteiger partial charge in [-0.15, -0.1) is 0 Å². The normalized spacial score (nSPS) is 23.0. The zero-order valence-corrected chi connectivity index (χ0v) is 14.3. The Balaban J connectivity index is 1.36. The summed E-state index contributed by atoms with van der Waals surface area (Å²) in [5, 5.41) is 6.14. The van der Waals surface area contributed by atoms with Crippen molar-refractivity contribution in [3.8, 4) is 0 Å². The van der Waals surface area contributed by atoms with Crippen LogP contribution in [-0.2, 0) is 16.0 Å². The van der Waals surface area contributed by atoms with Crippen molar-refractivity contribution in [2.75, 3.05) is 6.54 Å². The lowest BCUT2D eigenvalue weighted by Gasteiger charge is -2.21. The smallest absolute Gasteiger partial charge is 0.223 e. The van der Waals surface area contributed by atoms with Crippen molar-refractivity contribution in [1.29, 1.82) is 0 Å². The summed E-state index contributed by atoms with van der Waals surface area (Å²) in [6.45, 7) is 0.612. The molecule has 0 heterocycles. The van der Waals surface area contributed by atoms with E-state index in [1.165, 1.54) is 18.4 Å². The van der Waals surface area contributed by atoms with E-state index in [9.17, 15) is 9.59 Å². The van der Waals surface area contributed by atoms with Crippen LogP contribution in [0.15, 0.2) is 30.3 Å². The molecule has 0 bridgehead atoms. The lowest BCUT2D eigenvalue weighted by molar-refractivity contribution is -0.124. The quantitative estimate of drug-likeness (QED) is 0.721. The van der Waals surface area contributed by atoms with E-state index in [1.54, 1.807) is 0 Å². The van der Waals surface area contributed by atoms with Gasteiger partial charge in [-0.3, -0.25) is 9.59 Å². The number of carbonyl (C=O) groups excluding carboxylic acids is 2. The highest BCUT2D eigenvalue weighted by Gasteiger charge is 2.29. The molecule has 0 aromatic heterocycles. The van der Waals surface area contributed by atoms with E-state index in [0.29, 0.717) is 24.9 Å². The van der Waals surface area contributed by atoms with Crippen LogP contribution >= 0.6 is 0 Å². The van der Waals surface area contributed by atoms with Crippen LogP contribution in [0.4, 0.5) is 0 Å². The SMILES string of the molecule is O=C(CCCNC(=O)C1CC1)NC1CCCC1Cc1ccccc1. The third kappa shape index (κ3) is 5.08. The average Bonchev–Trinajstić information content (AvgIpc) is 3.36. The molecule has 2 aliphatic carbocycles. The van der Waals surface area contributed by atoms with Crippen molar-refractivity contribution < 1.29 is 9.59 Å². The zero-order chi connectivity index (χ0) is 16.8. The first-order valence-electron chi connectivity index (χ1n) is 9.33. The summed E-state index contributed by atoms with van der Waals surface area (Å²) in [6.07, 6.45) is 7.79. The molecule has 0 aliphatic heterocycles. The molecule has 1 aromatic carbocycles. The Hall–Kier alpha value is -1.84. The maximum atomic E-state index is 12.2. The van der Waals surface area contributed by atoms with Crippen molar-refractivity contribution >= 4 is 11.8 Å². The van der Waals surface area contributed by atoms with Gasteiger partial charge in [0, 0.05) is 24.9 Å². The van der Waals surface area contributed by atoms with E-state index in [2.05, 4.69) is 34.9 Å². The van der Waals surface area contributed by atoms with Gasteiger partial charge in [-0.25, -0.2) is 0 Å². The lowest BCUT2D eigenvalue weighted by Crippen LogP contribution is -2.38. The van der Waals surface area contributed by atoms with E-state index in [0.717, 1.165) is 32.1 Å². The van der Waals surface area contributed by atoms with Crippen LogP contribution in [0.5, 0.6) is 0 Å². The zero-order valence-electron chi connectivity index (χ0n) is 14.3. The summed E-state index contributed by atoms with van der Waals surface area (Å²) < 4.78 is 0. The fraction of sp³-hybridized carbons (Fsp3) is 0.600. The van der Waals surface area contributed by atoms with Gasteiger partial charge in [0.15, 0.2) is 0 Å². The maximum absolute atomic E-state index is 12.2. The van der Waals surface area contributed by atoms with Crippen LogP contribution in [0.3, 0.4) is 0 Å². The summed E-state index contributed by atoms with van der Waals surface area (Å²) in [6, 6.07) is 10.8. The Kier molecular flexibility index (Phi) is 5.89. The highest BCUT2D eigenvalue weighted by Crippen LogP contribution is 2.29. The fourth-order valence-corrected chi connectivity index (χ4v) is 3.62. The molecule has 2 atom stereocenters. The van der Waals surface area contributed by atoms with Crippen LogP contribution < -0.4 is 10.6 Å². The minimum atomic E-state index is 0.126. The Morgan fingerprint density at radius 3 is 2.58 bits per heavy atom. The number of hydrogen-bond acceptors (Lipinski definition) is 2. The van der Waals surface area contributed by atoms with E-state index in [1.807, 2.05) is 6.07 Å². The number of nitrogens with one attached hydrogen (secondary N) is 2. The number of carbonyl (C=O) groups is 2. The summed E-state index contributed by atoms with van der Waals surface area (Å²) in [5.74, 6) is 1.08. The van der Waals surface area contributed by atoms with Crippen LogP contribution in [-0.4, -0.2) is 24.4 Å². The third-order valence-electron chi connectivity index (χ3n) is 5.17. The Labute approximate surface area is 144 Å². The van der Waals surface area contributed by atoms with Crippen LogP contribution in [0.25, 0.3) is 0 Å². The van der Waals surface area contributed by atoms with Gasteiger partial charge in [-0.05, 0) is 50.0 Å². The topological polar surface area (TPSA) is 58.2 Å². The Morgan fingerprint density at radius 2 is 1.83 bits per heavy atom. The Bertz CT molecular complexity index is 554. The lowest BCUT2D eigenvalue weighted by atomic mass is 9.94. The second kappa shape index (κ2) is 8.32. The standard InChI is InChI=1S/C20H28N2O2/c23-19(10-5-13-21-20(24)16-11-12-16)22-18-9-4-8-17(18)14-15-6-2-1-3-7-15/h1-3,6-7,16-18H,4-5,8-14H2,(H,21,24)(H,22,23). The molecule has 24 heavy (non-hydrogen) atoms. The summed E-state index contributed by atoms with van der Waals surface area (Å²) >= 11 is 0. The molecule has 2 saturated carbocycles. The molecule has 2 fully saturated rings. The predicted octanol–water partition coefficient (Wildman–Crippen LogP) is 2.82. The first-order chi connectivity index (χ1) is 11.7. The van der Waals surface area contributed by atoms with E-state index in [4.69, 9.17) is 0 Å². The molecule has 4 nitrogen and oxygen atoms in total. The summed E-state index contributed by atoms with van der Waals surface area (Å²) in [7, 11) is 0. The van der Waals surface area contributed by atoms with Gasteiger partial charge in [0.2, 0.25) is 11.8 Å². The number of rotatable bonds is 8. The van der Waals surface area contributed by atoms with Crippen LogP contribution in [0.1, 0.15) is 50.5 Å². The molecule has 3 rings (SSSR count). The highest BCUT2D eigenvalue weighted by molar-refractivity contribution is 5.81. The molecule has 2 amide bonds. The van der Waals surface area contributed by atoms with Crippen LogP contribution in [0, 0.1) is 11.8 Å². The fourth-order valence-electron chi connectivity index (χ4n) is 3.62. The van der Waals surface area contributed by atoms with Crippen molar-refractivity contribution in [2.45, 2.75) is 57.4 Å². The minimum absolute atomic E-state index is 0.126. The van der Waals surface area contributed by atoms with Gasteiger partial charge < -0.3 is 10.6 Å². The molecule has 0 saturated heterocycles. The first kappa shape index (κ1) is 17.0. The summed E-state index contributed by atoms with van der Waals surface area (Å²) in [5.41, 5.74) is 1.35. The van der Waals surface area contributed by atoms with Crippen molar-refractivity contribution in [3.05, 3.63) is 35.9 Å². The average molecular weight is 328 g/mol. The largest absolute Gasteiger partial charge is 0.356 e. The molecule has 1 aromatic rings. The molecule has 4 heteroatoms. The number of benzene rings is 1. The number of hydrogen-bond donors (Lipinski definition) is 2. The molecular formula is C20H28N2O2. The summed E-state index contributed by atoms with van der Waals surface area (Å²) in [4.78, 5) is 23.7. The molecular weight excluding hydrogens is 300 g/mol. The maximum Gasteiger partial charge on any atom is 0.223 e. The second-order valence-electron chi connectivity index (χ2n) is 7.22. The van der Waals surface area contributed by atoms with Gasteiger partial charge in [-0.2, -0.15) is 0 Å². The number of amides is 2. The van der Waals surface area contributed by atoms with Gasteiger partial charge in [0.25, 0.3) is 0 Å². The van der Waals surface area contributed by atoms with E-state index >= 15 is 0 Å². The van der Waals surface area contributed by atoms with Gasteiger partial charge in [0.1, 0.15) is 0 Å². The van der Waals surface area contributed by atoms with Crippen molar-refractivity contribution in [1.82, 2.24) is 10.6 Å². The monoisotopic (exact) mass is 328 g/mol. The van der Waals surface area contributed by atoms with Crippen molar-refractivity contribution in [2.24, 2.45) is 11.8 Å². The van der Waals surface area contributed by atoms with Crippen molar-refractivity contribution in [3.63, 3.8) is 0 Å². The van der Waals surface area contributed by atoms with Crippen LogP contribution in [0.2, 0.25) is 0 Å². The predicted molar refractivity (Wildman–Crippen MR) is 94.4 cm³/mol. The van der Waals surface area contributed by atoms with E-state index < -0.39 is 0 Å². The Morgan fingerprint density at radius 1 is 1.04 bits per heavy atom. The third-order valence-corrected chi connectivity index (χ3v) is 5.17. The van der Waals surface area contributed by atoms with Gasteiger partial charge >= 0.3 is 0 Å². The van der Waals surface area contributed by atoms with Gasteiger partial charge in [-0.1, -0.05) is 36.8 Å². The van der Waals surface area contributed by atoms with E-state index in [-0.39, 0.29) is 17.7 Å². The molecule has 0 radical (unpaired) electrons. The molecule has 2 unspecified atom stereocenters. The highest BCUT2D eigenvalue weighted by atomic mass is 16.2. The second-order valence-corrected chi connectivity index (χ2v) is 7.22. The minimum Gasteiger partial charge on any atom is -0.356 e. The molecule has 2 N–H and O–H groups in total. The molecule has 130 valence electrons. The molecule has 0 spiro atoms.